The Morgan fingerprint density at radius 1 is 1.14 bits per heavy atom. The predicted molar refractivity (Wildman–Crippen MR) is 114 cm³/mol. The van der Waals surface area contributed by atoms with Gasteiger partial charge in [0.1, 0.15) is 21.4 Å². The first-order chi connectivity index (χ1) is 13.2. The molecule has 0 saturated heterocycles. The van der Waals surface area contributed by atoms with E-state index in [0.717, 1.165) is 22.6 Å². The van der Waals surface area contributed by atoms with Crippen molar-refractivity contribution in [3.8, 4) is 22.1 Å². The van der Waals surface area contributed by atoms with Gasteiger partial charge in [-0.15, -0.1) is 11.3 Å². The lowest BCUT2D eigenvalue weighted by molar-refractivity contribution is 0.0701. The summed E-state index contributed by atoms with van der Waals surface area (Å²) in [6.45, 7) is 10.5. The van der Waals surface area contributed by atoms with Crippen molar-refractivity contribution >= 4 is 17.3 Å². The van der Waals surface area contributed by atoms with Crippen LogP contribution in [0.25, 0.3) is 10.6 Å². The van der Waals surface area contributed by atoms with Gasteiger partial charge in [0.2, 0.25) is 0 Å². The van der Waals surface area contributed by atoms with E-state index in [1.165, 1.54) is 16.9 Å². The van der Waals surface area contributed by atoms with Crippen molar-refractivity contribution in [2.24, 2.45) is 0 Å². The van der Waals surface area contributed by atoms with Crippen LogP contribution in [0.5, 0.6) is 11.5 Å². The number of thiazole rings is 1. The highest BCUT2D eigenvalue weighted by Crippen LogP contribution is 2.36. The summed E-state index contributed by atoms with van der Waals surface area (Å²) in [5.41, 5.74) is 3.86. The number of hydrogen-bond acceptors (Lipinski definition) is 4. The molecule has 0 aliphatic rings. The van der Waals surface area contributed by atoms with Gasteiger partial charge in [-0.2, -0.15) is 0 Å². The van der Waals surface area contributed by atoms with Gasteiger partial charge in [0.15, 0.2) is 0 Å². The average Bonchev–Trinajstić information content (AvgIpc) is 3.08. The van der Waals surface area contributed by atoms with Crippen LogP contribution in [0, 0.1) is 6.92 Å². The second kappa shape index (κ2) is 7.76. The Kier molecular flexibility index (Phi) is 5.57. The Morgan fingerprint density at radius 2 is 1.82 bits per heavy atom. The summed E-state index contributed by atoms with van der Waals surface area (Å²) < 4.78 is 6.16. The lowest BCUT2D eigenvalue weighted by Gasteiger charge is -2.23. The highest BCUT2D eigenvalue weighted by molar-refractivity contribution is 7.17. The Morgan fingerprint density at radius 3 is 2.36 bits per heavy atom. The quantitative estimate of drug-likeness (QED) is 0.538. The van der Waals surface area contributed by atoms with Gasteiger partial charge >= 0.3 is 5.97 Å². The number of rotatable bonds is 5. The van der Waals surface area contributed by atoms with Gasteiger partial charge in [0.25, 0.3) is 0 Å². The second-order valence-corrected chi connectivity index (χ2v) is 8.83. The van der Waals surface area contributed by atoms with E-state index < -0.39 is 5.97 Å². The van der Waals surface area contributed by atoms with Crippen LogP contribution >= 0.6 is 11.3 Å². The molecule has 0 fully saturated rings. The summed E-state index contributed by atoms with van der Waals surface area (Å²) in [5.74, 6) is 0.667. The zero-order valence-corrected chi connectivity index (χ0v) is 17.7. The summed E-state index contributed by atoms with van der Waals surface area (Å²) in [5, 5.41) is 10.0. The minimum Gasteiger partial charge on any atom is -0.477 e. The molecule has 3 aromatic rings. The molecule has 0 bridgehead atoms. The van der Waals surface area contributed by atoms with E-state index in [0.29, 0.717) is 22.0 Å². The maximum absolute atomic E-state index is 11.4. The number of carbonyl (C=O) groups is 1. The van der Waals surface area contributed by atoms with Crippen molar-refractivity contribution in [2.75, 3.05) is 0 Å². The zero-order valence-electron chi connectivity index (χ0n) is 16.9. The van der Waals surface area contributed by atoms with Crippen LogP contribution in [0.15, 0.2) is 42.5 Å². The van der Waals surface area contributed by atoms with E-state index in [-0.39, 0.29) is 5.41 Å². The molecule has 0 atom stereocenters. The van der Waals surface area contributed by atoms with E-state index in [1.54, 1.807) is 0 Å². The minimum atomic E-state index is -0.922. The molecule has 0 radical (unpaired) electrons. The van der Waals surface area contributed by atoms with Crippen molar-refractivity contribution < 1.29 is 14.6 Å². The smallest absolute Gasteiger partial charge is 0.347 e. The number of carboxylic acids is 1. The van der Waals surface area contributed by atoms with Gasteiger partial charge in [-0.05, 0) is 49.1 Å². The van der Waals surface area contributed by atoms with E-state index in [9.17, 15) is 9.90 Å². The molecule has 0 amide bonds. The molecule has 1 N–H and O–H groups in total. The van der Waals surface area contributed by atoms with Crippen LogP contribution in [0.4, 0.5) is 0 Å². The third-order valence-corrected chi connectivity index (χ3v) is 5.63. The molecule has 28 heavy (non-hydrogen) atoms. The summed E-state index contributed by atoms with van der Waals surface area (Å²) in [7, 11) is 0. The molecule has 0 aliphatic carbocycles. The molecule has 1 heterocycles. The molecule has 0 saturated carbocycles. The molecule has 4 nitrogen and oxygen atoms in total. The normalized spacial score (nSPS) is 11.5. The van der Waals surface area contributed by atoms with Gasteiger partial charge < -0.3 is 9.84 Å². The highest BCUT2D eigenvalue weighted by atomic mass is 32.1. The Labute approximate surface area is 169 Å². The number of aromatic nitrogens is 1. The first-order valence-corrected chi connectivity index (χ1v) is 10.1. The third-order valence-electron chi connectivity index (χ3n) is 4.50. The largest absolute Gasteiger partial charge is 0.477 e. The zero-order chi connectivity index (χ0) is 20.5. The third kappa shape index (κ3) is 4.25. The molecule has 3 rings (SSSR count). The van der Waals surface area contributed by atoms with Crippen LogP contribution < -0.4 is 4.74 Å². The van der Waals surface area contributed by atoms with Crippen molar-refractivity contribution in [3.63, 3.8) is 0 Å². The summed E-state index contributed by atoms with van der Waals surface area (Å²) in [4.78, 5) is 16.2. The van der Waals surface area contributed by atoms with Crippen molar-refractivity contribution in [3.05, 3.63) is 64.2 Å². The maximum atomic E-state index is 11.4. The number of benzene rings is 2. The van der Waals surface area contributed by atoms with Crippen LogP contribution in [0.3, 0.4) is 0 Å². The number of hydrogen-bond donors (Lipinski definition) is 1. The first-order valence-electron chi connectivity index (χ1n) is 9.31. The van der Waals surface area contributed by atoms with E-state index >= 15 is 0 Å². The van der Waals surface area contributed by atoms with Gasteiger partial charge in [-0.1, -0.05) is 45.4 Å². The molecular formula is C23H25NO3S. The molecule has 146 valence electrons. The Hall–Kier alpha value is -2.66. The number of nitrogens with zero attached hydrogens (tertiary/aromatic N) is 1. The summed E-state index contributed by atoms with van der Waals surface area (Å²) in [6.07, 6.45) is 0.600. The van der Waals surface area contributed by atoms with Gasteiger partial charge in [0.05, 0.1) is 5.69 Å². The first kappa shape index (κ1) is 20.1. The highest BCUT2D eigenvalue weighted by Gasteiger charge is 2.20. The number of ether oxygens (including phenoxy) is 1. The van der Waals surface area contributed by atoms with Gasteiger partial charge in [0, 0.05) is 11.1 Å². The van der Waals surface area contributed by atoms with E-state index in [4.69, 9.17) is 4.74 Å². The fourth-order valence-corrected chi connectivity index (χ4v) is 3.99. The van der Waals surface area contributed by atoms with Crippen LogP contribution in [0.2, 0.25) is 0 Å². The van der Waals surface area contributed by atoms with Crippen LogP contribution in [-0.4, -0.2) is 16.1 Å². The average molecular weight is 396 g/mol. The topological polar surface area (TPSA) is 59.4 Å². The van der Waals surface area contributed by atoms with Crippen LogP contribution in [-0.2, 0) is 11.8 Å². The second-order valence-electron chi connectivity index (χ2n) is 7.83. The predicted octanol–water partition coefficient (Wildman–Crippen LogP) is 6.47. The summed E-state index contributed by atoms with van der Waals surface area (Å²) >= 11 is 1.21. The SMILES string of the molecule is CCc1nc(-c2ccc(Oc3ccc(C)cc3C(C)(C)C)cc2)sc1C(=O)O. The number of aromatic carboxylic acids is 1. The fourth-order valence-electron chi connectivity index (χ4n) is 2.99. The fraction of sp³-hybridized carbons (Fsp3) is 0.304. The number of carboxylic acid groups (broad SMARTS) is 1. The monoisotopic (exact) mass is 395 g/mol. The molecule has 5 heteroatoms. The molecule has 2 aromatic carbocycles. The molecule has 0 spiro atoms. The summed E-state index contributed by atoms with van der Waals surface area (Å²) in [6, 6.07) is 13.9. The van der Waals surface area contributed by atoms with E-state index in [1.807, 2.05) is 43.3 Å². The number of aryl methyl sites for hydroxylation is 2. The lowest BCUT2D eigenvalue weighted by atomic mass is 9.85. The van der Waals surface area contributed by atoms with Crippen LogP contribution in [0.1, 0.15) is 54.2 Å². The van der Waals surface area contributed by atoms with Crippen molar-refractivity contribution in [1.29, 1.82) is 0 Å². The van der Waals surface area contributed by atoms with Gasteiger partial charge in [-0.3, -0.25) is 0 Å². The Balaban J connectivity index is 1.88. The lowest BCUT2D eigenvalue weighted by Crippen LogP contribution is -2.12. The molecule has 1 aromatic heterocycles. The molecule has 0 aliphatic heterocycles. The van der Waals surface area contributed by atoms with E-state index in [2.05, 4.69) is 38.7 Å². The minimum absolute atomic E-state index is 0.0219. The van der Waals surface area contributed by atoms with Crippen molar-refractivity contribution in [1.82, 2.24) is 4.98 Å². The van der Waals surface area contributed by atoms with Gasteiger partial charge in [-0.25, -0.2) is 9.78 Å². The van der Waals surface area contributed by atoms with Crippen molar-refractivity contribution in [2.45, 2.75) is 46.5 Å². The standard InChI is InChI=1S/C23H25NO3S/c1-6-18-20(22(25)26)28-21(24-18)15-8-10-16(11-9-15)27-19-12-7-14(2)13-17(19)23(3,4)5/h7-13H,6H2,1-5H3,(H,25,26). The molecule has 0 unspecified atom stereocenters. The Bertz CT molecular complexity index is 998. The molecular weight excluding hydrogens is 370 g/mol. The maximum Gasteiger partial charge on any atom is 0.347 e.